The van der Waals surface area contributed by atoms with Gasteiger partial charge in [-0.1, -0.05) is 0 Å². The highest BCUT2D eigenvalue weighted by molar-refractivity contribution is 5.65. The van der Waals surface area contributed by atoms with Gasteiger partial charge < -0.3 is 15.0 Å². The lowest BCUT2D eigenvalue weighted by Gasteiger charge is -2.28. The first-order valence-electron chi connectivity index (χ1n) is 12.1. The van der Waals surface area contributed by atoms with Gasteiger partial charge in [0.05, 0.1) is 5.69 Å². The van der Waals surface area contributed by atoms with E-state index in [9.17, 15) is 22.0 Å². The van der Waals surface area contributed by atoms with Gasteiger partial charge in [0, 0.05) is 44.5 Å². The summed E-state index contributed by atoms with van der Waals surface area (Å²) < 4.78 is 75.3. The number of benzene rings is 1. The molecular formula is C25H26F5N5O. The van der Waals surface area contributed by atoms with E-state index in [0.29, 0.717) is 23.8 Å². The number of fused-ring (bicyclic) bond motifs is 1. The highest BCUT2D eigenvalue weighted by atomic mass is 19.4. The van der Waals surface area contributed by atoms with Gasteiger partial charge in [0.1, 0.15) is 23.0 Å². The van der Waals surface area contributed by atoms with Crippen LogP contribution < -0.4 is 5.32 Å². The van der Waals surface area contributed by atoms with Crippen molar-refractivity contribution >= 4 is 5.82 Å². The molecule has 36 heavy (non-hydrogen) atoms. The number of alkyl halides is 3. The number of anilines is 1. The fraction of sp³-hybridized carbons (Fsp3) is 0.560. The van der Waals surface area contributed by atoms with E-state index in [1.165, 1.54) is 6.07 Å². The summed E-state index contributed by atoms with van der Waals surface area (Å²) in [7, 11) is 0. The van der Waals surface area contributed by atoms with Crippen LogP contribution in [0.3, 0.4) is 0 Å². The Labute approximate surface area is 205 Å². The van der Waals surface area contributed by atoms with E-state index in [4.69, 9.17) is 10.00 Å². The summed E-state index contributed by atoms with van der Waals surface area (Å²) in [6, 6.07) is 3.68. The lowest BCUT2D eigenvalue weighted by atomic mass is 10.00. The maximum atomic E-state index is 14.5. The van der Waals surface area contributed by atoms with Gasteiger partial charge in [0.15, 0.2) is 11.6 Å². The Morgan fingerprint density at radius 3 is 2.42 bits per heavy atom. The molecule has 2 aliphatic heterocycles. The Kier molecular flexibility index (Phi) is 6.83. The zero-order chi connectivity index (χ0) is 25.4. The van der Waals surface area contributed by atoms with Crippen LogP contribution in [0.25, 0.3) is 11.3 Å². The molecule has 1 N–H and O–H groups in total. The normalized spacial score (nSPS) is 25.1. The molecule has 3 atom stereocenters. The van der Waals surface area contributed by atoms with E-state index in [-0.39, 0.29) is 6.04 Å². The molecule has 1 aromatic carbocycles. The number of rotatable bonds is 5. The molecule has 0 spiro atoms. The van der Waals surface area contributed by atoms with Crippen LogP contribution in [0.2, 0.25) is 0 Å². The molecule has 0 bridgehead atoms. The lowest BCUT2D eigenvalue weighted by Crippen LogP contribution is -2.32. The molecule has 3 fully saturated rings. The number of ether oxygens (including phenoxy) is 1. The molecule has 1 aromatic heterocycles. The van der Waals surface area contributed by atoms with E-state index < -0.39 is 46.0 Å². The number of aromatic nitrogens is 2. The maximum Gasteiger partial charge on any atom is 0.420 e. The minimum absolute atomic E-state index is 0.167. The minimum atomic E-state index is -4.77. The van der Waals surface area contributed by atoms with Crippen molar-refractivity contribution in [1.29, 1.82) is 5.26 Å². The summed E-state index contributed by atoms with van der Waals surface area (Å²) in [6.45, 7) is 4.56. The van der Waals surface area contributed by atoms with Crippen LogP contribution in [-0.2, 0) is 10.9 Å². The van der Waals surface area contributed by atoms with Crippen LogP contribution in [0, 0.1) is 40.7 Å². The number of nitrogens with zero attached hydrogens (tertiary/aromatic N) is 4. The molecule has 2 aromatic rings. The number of hydrogen-bond donors (Lipinski definition) is 1. The standard InChI is InChI=1S/C25H26F5N5O/c26-21-2-1-18(23(27)19(21)10-31)22-9-20(25(28,29)30)24(34-33-22)32-17-7-15-12-35(13-16(15)8-17)11-14-3-5-36-6-4-14/h1-2,9,14-17H,3-8,11-13H2,(H,32,34)/t15-,16+,17-. The zero-order valence-corrected chi connectivity index (χ0v) is 19.5. The van der Waals surface area contributed by atoms with E-state index in [0.717, 1.165) is 70.7 Å². The molecule has 192 valence electrons. The first-order valence-corrected chi connectivity index (χ1v) is 12.1. The largest absolute Gasteiger partial charge is 0.420 e. The molecule has 5 rings (SSSR count). The first-order chi connectivity index (χ1) is 17.2. The van der Waals surface area contributed by atoms with E-state index in [2.05, 4.69) is 20.4 Å². The second kappa shape index (κ2) is 9.90. The minimum Gasteiger partial charge on any atom is -0.381 e. The SMILES string of the molecule is N#Cc1c(F)ccc(-c2cc(C(F)(F)F)c(N[C@@H]3C[C@@H]4CN(CC5CCOCC5)C[C@@H]4C3)nn2)c1F. The van der Waals surface area contributed by atoms with Crippen LogP contribution in [0.15, 0.2) is 18.2 Å². The van der Waals surface area contributed by atoms with Crippen LogP contribution >= 0.6 is 0 Å². The van der Waals surface area contributed by atoms with Gasteiger partial charge in [0.2, 0.25) is 0 Å². The van der Waals surface area contributed by atoms with Gasteiger partial charge in [0.25, 0.3) is 0 Å². The fourth-order valence-corrected chi connectivity index (χ4v) is 5.85. The fourth-order valence-electron chi connectivity index (χ4n) is 5.85. The highest BCUT2D eigenvalue weighted by Gasteiger charge is 2.43. The molecule has 3 heterocycles. The topological polar surface area (TPSA) is 74.1 Å². The Balaban J connectivity index is 1.29. The van der Waals surface area contributed by atoms with Gasteiger partial charge in [-0.2, -0.15) is 18.4 Å². The summed E-state index contributed by atoms with van der Waals surface area (Å²) >= 11 is 0. The third-order valence-corrected chi connectivity index (χ3v) is 7.60. The van der Waals surface area contributed by atoms with Gasteiger partial charge in [-0.05, 0) is 61.6 Å². The Hall–Kier alpha value is -2.84. The summed E-state index contributed by atoms with van der Waals surface area (Å²) in [5.41, 5.74) is -2.80. The molecule has 6 nitrogen and oxygen atoms in total. The Bertz CT molecular complexity index is 1150. The third kappa shape index (κ3) is 5.02. The number of nitrogens with one attached hydrogen (secondary N) is 1. The highest BCUT2D eigenvalue weighted by Crippen LogP contribution is 2.42. The smallest absolute Gasteiger partial charge is 0.381 e. The van der Waals surface area contributed by atoms with Crippen LogP contribution in [0.4, 0.5) is 27.8 Å². The molecule has 0 unspecified atom stereocenters. The molecule has 0 radical (unpaired) electrons. The quantitative estimate of drug-likeness (QED) is 0.583. The average Bonchev–Trinajstić information content (AvgIpc) is 3.38. The van der Waals surface area contributed by atoms with Crippen LogP contribution in [0.5, 0.6) is 0 Å². The molecule has 1 saturated carbocycles. The van der Waals surface area contributed by atoms with E-state index in [1.54, 1.807) is 0 Å². The third-order valence-electron chi connectivity index (χ3n) is 7.60. The van der Waals surface area contributed by atoms with Crippen molar-refractivity contribution in [2.45, 2.75) is 37.9 Å². The van der Waals surface area contributed by atoms with Crippen molar-refractivity contribution in [3.05, 3.63) is 41.0 Å². The molecule has 2 saturated heterocycles. The van der Waals surface area contributed by atoms with Crippen molar-refractivity contribution in [3.8, 4) is 17.3 Å². The van der Waals surface area contributed by atoms with Gasteiger partial charge in [-0.3, -0.25) is 0 Å². The first kappa shape index (κ1) is 24.8. The molecule has 11 heteroatoms. The van der Waals surface area contributed by atoms with Gasteiger partial charge >= 0.3 is 6.18 Å². The Morgan fingerprint density at radius 2 is 1.78 bits per heavy atom. The molecular weight excluding hydrogens is 481 g/mol. The van der Waals surface area contributed by atoms with Crippen molar-refractivity contribution in [1.82, 2.24) is 15.1 Å². The zero-order valence-electron chi connectivity index (χ0n) is 19.5. The van der Waals surface area contributed by atoms with Crippen LogP contribution in [-0.4, -0.2) is 54.0 Å². The summed E-state index contributed by atoms with van der Waals surface area (Å²) in [4.78, 5) is 2.48. The monoisotopic (exact) mass is 507 g/mol. The average molecular weight is 508 g/mol. The van der Waals surface area contributed by atoms with Crippen molar-refractivity contribution < 1.29 is 26.7 Å². The number of likely N-dealkylation sites (tertiary alicyclic amines) is 1. The molecule has 3 aliphatic rings. The predicted octanol–water partition coefficient (Wildman–Crippen LogP) is 4.86. The van der Waals surface area contributed by atoms with E-state index >= 15 is 0 Å². The van der Waals surface area contributed by atoms with Crippen LogP contribution in [0.1, 0.15) is 36.8 Å². The Morgan fingerprint density at radius 1 is 1.08 bits per heavy atom. The summed E-state index contributed by atoms with van der Waals surface area (Å²) in [5.74, 6) is -1.29. The van der Waals surface area contributed by atoms with Crippen molar-refractivity contribution in [3.63, 3.8) is 0 Å². The van der Waals surface area contributed by atoms with Crippen molar-refractivity contribution in [2.24, 2.45) is 17.8 Å². The summed E-state index contributed by atoms with van der Waals surface area (Å²) in [5, 5.41) is 19.4. The number of hydrogen-bond acceptors (Lipinski definition) is 6. The molecule has 1 aliphatic carbocycles. The maximum absolute atomic E-state index is 14.5. The van der Waals surface area contributed by atoms with Gasteiger partial charge in [-0.15, -0.1) is 10.2 Å². The second-order valence-electron chi connectivity index (χ2n) is 9.99. The molecule has 0 amide bonds. The lowest BCUT2D eigenvalue weighted by molar-refractivity contribution is -0.137. The van der Waals surface area contributed by atoms with E-state index in [1.807, 2.05) is 0 Å². The summed E-state index contributed by atoms with van der Waals surface area (Å²) in [6.07, 6.45) is -1.13. The number of halogens is 5. The number of nitriles is 1. The second-order valence-corrected chi connectivity index (χ2v) is 9.99. The van der Waals surface area contributed by atoms with Gasteiger partial charge in [-0.25, -0.2) is 8.78 Å². The predicted molar refractivity (Wildman–Crippen MR) is 121 cm³/mol. The van der Waals surface area contributed by atoms with Crippen molar-refractivity contribution in [2.75, 3.05) is 38.2 Å².